The van der Waals surface area contributed by atoms with Gasteiger partial charge in [-0.05, 0) is 42.7 Å². The van der Waals surface area contributed by atoms with Gasteiger partial charge in [0.1, 0.15) is 12.4 Å². The zero-order valence-electron chi connectivity index (χ0n) is 11.4. The fourth-order valence-corrected chi connectivity index (χ4v) is 1.94. The Morgan fingerprint density at radius 3 is 2.60 bits per heavy atom. The van der Waals surface area contributed by atoms with Crippen molar-refractivity contribution in [2.45, 2.75) is 20.5 Å². The first-order chi connectivity index (χ1) is 9.49. The first-order valence-corrected chi connectivity index (χ1v) is 6.26. The number of benzene rings is 2. The molecule has 0 saturated carbocycles. The summed E-state index contributed by atoms with van der Waals surface area (Å²) in [6.45, 7) is 3.59. The molecule has 0 aliphatic heterocycles. The van der Waals surface area contributed by atoms with E-state index in [0.29, 0.717) is 11.3 Å². The van der Waals surface area contributed by atoms with E-state index in [0.717, 1.165) is 11.1 Å². The molecular weight excluding hydrogens is 257 g/mol. The third-order valence-corrected chi connectivity index (χ3v) is 3.12. The molecule has 0 radical (unpaired) electrons. The minimum absolute atomic E-state index is 0.110. The molecule has 2 rings (SSSR count). The highest BCUT2D eigenvalue weighted by molar-refractivity contribution is 5.91. The van der Waals surface area contributed by atoms with Crippen LogP contribution in [0.4, 0.5) is 10.1 Å². The van der Waals surface area contributed by atoms with Crippen LogP contribution < -0.4 is 5.73 Å². The lowest BCUT2D eigenvalue weighted by Gasteiger charge is -2.09. The Morgan fingerprint density at radius 2 is 1.90 bits per heavy atom. The van der Waals surface area contributed by atoms with Gasteiger partial charge in [-0.3, -0.25) is 0 Å². The van der Waals surface area contributed by atoms with Crippen LogP contribution in [0, 0.1) is 19.7 Å². The van der Waals surface area contributed by atoms with Crippen molar-refractivity contribution < 1.29 is 13.9 Å². The number of ether oxygens (including phenoxy) is 1. The third-order valence-electron chi connectivity index (χ3n) is 3.12. The van der Waals surface area contributed by atoms with Crippen LogP contribution in [0.5, 0.6) is 0 Å². The number of carbonyl (C=O) groups is 1. The molecule has 2 N–H and O–H groups in total. The van der Waals surface area contributed by atoms with Gasteiger partial charge in [-0.15, -0.1) is 0 Å². The number of carbonyl (C=O) groups excluding carboxylic acids is 1. The summed E-state index contributed by atoms with van der Waals surface area (Å²) in [7, 11) is 0. The van der Waals surface area contributed by atoms with E-state index in [4.69, 9.17) is 10.5 Å². The molecule has 0 saturated heterocycles. The molecule has 0 fully saturated rings. The molecule has 0 unspecified atom stereocenters. The maximum atomic E-state index is 13.9. The zero-order chi connectivity index (χ0) is 14.7. The second-order valence-corrected chi connectivity index (χ2v) is 4.70. The summed E-state index contributed by atoms with van der Waals surface area (Å²) in [5.41, 5.74) is 8.07. The van der Waals surface area contributed by atoms with E-state index in [1.54, 1.807) is 6.92 Å². The second kappa shape index (κ2) is 5.74. The Bertz CT molecular complexity index is 653. The molecule has 0 amide bonds. The van der Waals surface area contributed by atoms with Crippen molar-refractivity contribution in [2.24, 2.45) is 0 Å². The quantitative estimate of drug-likeness (QED) is 0.689. The average molecular weight is 273 g/mol. The fourth-order valence-electron chi connectivity index (χ4n) is 1.94. The number of nitrogens with two attached hydrogens (primary N) is 1. The predicted octanol–water partition coefficient (Wildman–Crippen LogP) is 3.38. The number of hydrogen-bond acceptors (Lipinski definition) is 3. The van der Waals surface area contributed by atoms with E-state index < -0.39 is 11.8 Å². The van der Waals surface area contributed by atoms with Gasteiger partial charge in [0.2, 0.25) is 0 Å². The molecule has 0 aromatic heterocycles. The fraction of sp³-hybridized carbons (Fsp3) is 0.188. The highest BCUT2D eigenvalue weighted by Crippen LogP contribution is 2.19. The maximum Gasteiger partial charge on any atom is 0.341 e. The Hall–Kier alpha value is -2.36. The van der Waals surface area contributed by atoms with Crippen molar-refractivity contribution in [3.05, 3.63) is 64.5 Å². The zero-order valence-corrected chi connectivity index (χ0v) is 11.4. The summed E-state index contributed by atoms with van der Waals surface area (Å²) < 4.78 is 19.0. The van der Waals surface area contributed by atoms with Crippen LogP contribution >= 0.6 is 0 Å². The van der Waals surface area contributed by atoms with E-state index >= 15 is 0 Å². The number of anilines is 1. The van der Waals surface area contributed by atoms with E-state index in [1.165, 1.54) is 12.1 Å². The van der Waals surface area contributed by atoms with Gasteiger partial charge in [-0.2, -0.15) is 0 Å². The molecule has 0 bridgehead atoms. The summed E-state index contributed by atoms with van der Waals surface area (Å²) in [6, 6.07) is 10.3. The summed E-state index contributed by atoms with van der Waals surface area (Å²) in [5.74, 6) is -1.30. The number of halogens is 1. The Morgan fingerprint density at radius 1 is 1.20 bits per heavy atom. The first kappa shape index (κ1) is 14.1. The molecule has 0 atom stereocenters. The second-order valence-electron chi connectivity index (χ2n) is 4.70. The van der Waals surface area contributed by atoms with Gasteiger partial charge < -0.3 is 10.5 Å². The SMILES string of the molecule is Cc1ccccc1COC(=O)c1cc(N)cc(C)c1F. The highest BCUT2D eigenvalue weighted by Gasteiger charge is 2.16. The van der Waals surface area contributed by atoms with Crippen molar-refractivity contribution in [1.82, 2.24) is 0 Å². The number of nitrogen functional groups attached to an aromatic ring is 1. The molecule has 3 nitrogen and oxygen atoms in total. The van der Waals surface area contributed by atoms with Crippen LogP contribution in [0.2, 0.25) is 0 Å². The molecule has 104 valence electrons. The van der Waals surface area contributed by atoms with Crippen LogP contribution in [-0.2, 0) is 11.3 Å². The molecule has 0 aliphatic rings. The van der Waals surface area contributed by atoms with E-state index in [-0.39, 0.29) is 12.2 Å². The van der Waals surface area contributed by atoms with Crippen molar-refractivity contribution in [3.63, 3.8) is 0 Å². The lowest BCUT2D eigenvalue weighted by Crippen LogP contribution is -2.10. The van der Waals surface area contributed by atoms with Crippen LogP contribution in [0.25, 0.3) is 0 Å². The van der Waals surface area contributed by atoms with Gasteiger partial charge in [0, 0.05) is 5.69 Å². The summed E-state index contributed by atoms with van der Waals surface area (Å²) >= 11 is 0. The van der Waals surface area contributed by atoms with E-state index in [1.807, 2.05) is 31.2 Å². The normalized spacial score (nSPS) is 10.3. The topological polar surface area (TPSA) is 52.3 Å². The van der Waals surface area contributed by atoms with Gasteiger partial charge in [0.25, 0.3) is 0 Å². The van der Waals surface area contributed by atoms with Crippen molar-refractivity contribution in [1.29, 1.82) is 0 Å². The monoisotopic (exact) mass is 273 g/mol. The van der Waals surface area contributed by atoms with Crippen LogP contribution in [0.1, 0.15) is 27.0 Å². The van der Waals surface area contributed by atoms with Crippen LogP contribution in [-0.4, -0.2) is 5.97 Å². The predicted molar refractivity (Wildman–Crippen MR) is 75.8 cm³/mol. The lowest BCUT2D eigenvalue weighted by molar-refractivity contribution is 0.0466. The van der Waals surface area contributed by atoms with Gasteiger partial charge in [-0.1, -0.05) is 24.3 Å². The Balaban J connectivity index is 2.15. The summed E-state index contributed by atoms with van der Waals surface area (Å²) in [6.07, 6.45) is 0. The average Bonchev–Trinajstić information content (AvgIpc) is 2.41. The van der Waals surface area contributed by atoms with Gasteiger partial charge >= 0.3 is 5.97 Å². The molecule has 0 spiro atoms. The standard InChI is InChI=1S/C16H16FNO2/c1-10-5-3-4-6-12(10)9-20-16(19)14-8-13(18)7-11(2)15(14)17/h3-8H,9,18H2,1-2H3. The Kier molecular flexibility index (Phi) is 4.03. The Labute approximate surface area is 117 Å². The minimum Gasteiger partial charge on any atom is -0.457 e. The molecule has 20 heavy (non-hydrogen) atoms. The smallest absolute Gasteiger partial charge is 0.341 e. The maximum absolute atomic E-state index is 13.9. The van der Waals surface area contributed by atoms with Gasteiger partial charge in [0.15, 0.2) is 0 Å². The summed E-state index contributed by atoms with van der Waals surface area (Å²) in [5, 5.41) is 0. The van der Waals surface area contributed by atoms with Gasteiger partial charge in [-0.25, -0.2) is 9.18 Å². The van der Waals surface area contributed by atoms with Crippen molar-refractivity contribution in [2.75, 3.05) is 5.73 Å². The van der Waals surface area contributed by atoms with Gasteiger partial charge in [0.05, 0.1) is 5.56 Å². The van der Waals surface area contributed by atoms with Crippen LogP contribution in [0.15, 0.2) is 36.4 Å². The molecule has 0 aliphatic carbocycles. The molecular formula is C16H16FNO2. The summed E-state index contributed by atoms with van der Waals surface area (Å²) in [4.78, 5) is 11.9. The minimum atomic E-state index is -0.707. The molecule has 4 heteroatoms. The molecule has 2 aromatic rings. The molecule has 0 heterocycles. The van der Waals surface area contributed by atoms with E-state index in [9.17, 15) is 9.18 Å². The molecule has 2 aromatic carbocycles. The van der Waals surface area contributed by atoms with Crippen molar-refractivity contribution in [3.8, 4) is 0 Å². The number of aryl methyl sites for hydroxylation is 2. The lowest BCUT2D eigenvalue weighted by atomic mass is 10.1. The number of rotatable bonds is 3. The van der Waals surface area contributed by atoms with Crippen molar-refractivity contribution >= 4 is 11.7 Å². The first-order valence-electron chi connectivity index (χ1n) is 6.26. The highest BCUT2D eigenvalue weighted by atomic mass is 19.1. The largest absolute Gasteiger partial charge is 0.457 e. The van der Waals surface area contributed by atoms with Crippen LogP contribution in [0.3, 0.4) is 0 Å². The third kappa shape index (κ3) is 2.96. The number of esters is 1. The van der Waals surface area contributed by atoms with E-state index in [2.05, 4.69) is 0 Å². The number of hydrogen-bond donors (Lipinski definition) is 1.